The Hall–Kier alpha value is -3.54. The summed E-state index contributed by atoms with van der Waals surface area (Å²) in [6, 6.07) is 7.17. The fourth-order valence-corrected chi connectivity index (χ4v) is 4.08. The number of carbonyl (C=O) groups excluding carboxylic acids is 2. The standard InChI is InChI=1S/C25H27F4N5O2S/c1-5-6-13-34-23(37-22(33-34)24(2,3)4)30-21(36)18-14-16(25(27,28)29)9-12-19(18)31-32-20(35)15-7-10-17(26)11-8-15/h7-12,14,31H,5-6,13H2,1-4H3,(H,32,35). The zero-order valence-electron chi connectivity index (χ0n) is 20.7. The fourth-order valence-electron chi connectivity index (χ4n) is 3.10. The van der Waals surface area contributed by atoms with E-state index in [1.165, 1.54) is 23.5 Å². The van der Waals surface area contributed by atoms with Crippen molar-refractivity contribution in [2.24, 2.45) is 4.99 Å². The van der Waals surface area contributed by atoms with Gasteiger partial charge in [0, 0.05) is 17.5 Å². The minimum absolute atomic E-state index is 0.0853. The Kier molecular flexibility index (Phi) is 8.52. The lowest BCUT2D eigenvalue weighted by Crippen LogP contribution is -2.30. The second-order valence-corrected chi connectivity index (χ2v) is 10.2. The molecule has 0 saturated heterocycles. The van der Waals surface area contributed by atoms with Gasteiger partial charge in [-0.05, 0) is 48.9 Å². The lowest BCUT2D eigenvalue weighted by molar-refractivity contribution is -0.137. The molecule has 0 aliphatic carbocycles. The largest absolute Gasteiger partial charge is 0.416 e. The summed E-state index contributed by atoms with van der Waals surface area (Å²) in [7, 11) is 0. The summed E-state index contributed by atoms with van der Waals surface area (Å²) in [5.41, 5.74) is 3.08. The van der Waals surface area contributed by atoms with E-state index in [-0.39, 0.29) is 27.0 Å². The first-order valence-corrected chi connectivity index (χ1v) is 12.3. The van der Waals surface area contributed by atoms with Crippen molar-refractivity contribution >= 4 is 28.8 Å². The second kappa shape index (κ2) is 11.2. The van der Waals surface area contributed by atoms with E-state index in [0.717, 1.165) is 42.1 Å². The molecule has 1 aromatic heterocycles. The topological polar surface area (TPSA) is 88.4 Å². The van der Waals surface area contributed by atoms with Gasteiger partial charge in [-0.1, -0.05) is 45.5 Å². The van der Waals surface area contributed by atoms with Crippen LogP contribution in [0.1, 0.15) is 71.8 Å². The van der Waals surface area contributed by atoms with Crippen LogP contribution in [-0.4, -0.2) is 21.6 Å². The van der Waals surface area contributed by atoms with Gasteiger partial charge in [0.2, 0.25) is 4.80 Å². The molecule has 12 heteroatoms. The van der Waals surface area contributed by atoms with Crippen LogP contribution in [0.3, 0.4) is 0 Å². The number of unbranched alkanes of at least 4 members (excludes halogenated alkanes) is 1. The molecule has 37 heavy (non-hydrogen) atoms. The summed E-state index contributed by atoms with van der Waals surface area (Å²) in [5.74, 6) is -2.14. The number of hydrazine groups is 1. The van der Waals surface area contributed by atoms with Gasteiger partial charge in [0.1, 0.15) is 10.8 Å². The van der Waals surface area contributed by atoms with Crippen molar-refractivity contribution in [3.63, 3.8) is 0 Å². The van der Waals surface area contributed by atoms with Crippen molar-refractivity contribution in [3.05, 3.63) is 74.8 Å². The summed E-state index contributed by atoms with van der Waals surface area (Å²) in [4.78, 5) is 29.9. The maximum absolute atomic E-state index is 13.4. The van der Waals surface area contributed by atoms with Gasteiger partial charge in [-0.3, -0.25) is 20.4 Å². The van der Waals surface area contributed by atoms with Gasteiger partial charge in [-0.25, -0.2) is 9.07 Å². The Bertz CT molecular complexity index is 1340. The number of amides is 2. The average Bonchev–Trinajstić information content (AvgIpc) is 3.24. The van der Waals surface area contributed by atoms with Crippen molar-refractivity contribution < 1.29 is 27.2 Å². The van der Waals surface area contributed by atoms with E-state index >= 15 is 0 Å². The number of aromatic nitrogens is 2. The van der Waals surface area contributed by atoms with E-state index in [0.29, 0.717) is 12.6 Å². The quantitative estimate of drug-likeness (QED) is 0.299. The van der Waals surface area contributed by atoms with Gasteiger partial charge in [0.15, 0.2) is 0 Å². The summed E-state index contributed by atoms with van der Waals surface area (Å²) < 4.78 is 55.0. The third-order valence-corrected chi connectivity index (χ3v) is 6.55. The number of rotatable bonds is 7. The smallest absolute Gasteiger partial charge is 0.298 e. The normalized spacial score (nSPS) is 12.5. The van der Waals surface area contributed by atoms with E-state index in [4.69, 9.17) is 0 Å². The van der Waals surface area contributed by atoms with Crippen molar-refractivity contribution in [2.75, 3.05) is 5.43 Å². The van der Waals surface area contributed by atoms with Gasteiger partial charge < -0.3 is 0 Å². The molecule has 7 nitrogen and oxygen atoms in total. The Morgan fingerprint density at radius 2 is 1.76 bits per heavy atom. The predicted octanol–water partition coefficient (Wildman–Crippen LogP) is 5.70. The molecule has 0 aliphatic heterocycles. The highest BCUT2D eigenvalue weighted by molar-refractivity contribution is 7.09. The highest BCUT2D eigenvalue weighted by atomic mass is 32.1. The lowest BCUT2D eigenvalue weighted by Gasteiger charge is -2.14. The van der Waals surface area contributed by atoms with Gasteiger partial charge in [0.25, 0.3) is 11.8 Å². The summed E-state index contributed by atoms with van der Waals surface area (Å²) in [6.07, 6.45) is -3.05. The number of carbonyl (C=O) groups is 2. The van der Waals surface area contributed by atoms with Crippen LogP contribution in [0.25, 0.3) is 0 Å². The van der Waals surface area contributed by atoms with Gasteiger partial charge in [-0.15, -0.1) is 0 Å². The van der Waals surface area contributed by atoms with Crippen LogP contribution in [0.2, 0.25) is 0 Å². The van der Waals surface area contributed by atoms with E-state index < -0.39 is 29.4 Å². The molecule has 0 bridgehead atoms. The number of benzene rings is 2. The zero-order chi connectivity index (χ0) is 27.4. The monoisotopic (exact) mass is 537 g/mol. The molecule has 0 aliphatic rings. The SMILES string of the molecule is CCCCn1nc(C(C)(C)C)sc1=NC(=O)c1cc(C(F)(F)F)ccc1NNC(=O)c1ccc(F)cc1. The molecule has 2 aromatic carbocycles. The van der Waals surface area contributed by atoms with E-state index in [2.05, 4.69) is 20.9 Å². The number of hydrogen-bond donors (Lipinski definition) is 2. The number of anilines is 1. The number of nitrogens with zero attached hydrogens (tertiary/aromatic N) is 3. The van der Waals surface area contributed by atoms with Crippen molar-refractivity contribution in [2.45, 2.75) is 58.7 Å². The minimum Gasteiger partial charge on any atom is -0.298 e. The van der Waals surface area contributed by atoms with Crippen LogP contribution >= 0.6 is 11.3 Å². The molecule has 3 aromatic rings. The van der Waals surface area contributed by atoms with Gasteiger partial charge >= 0.3 is 6.18 Å². The number of hydrogen-bond acceptors (Lipinski definition) is 5. The van der Waals surface area contributed by atoms with Gasteiger partial charge in [0.05, 0.1) is 16.8 Å². The highest BCUT2D eigenvalue weighted by Crippen LogP contribution is 2.32. The third-order valence-electron chi connectivity index (χ3n) is 5.18. The number of aryl methyl sites for hydroxylation is 1. The maximum Gasteiger partial charge on any atom is 0.416 e. The molecule has 0 fully saturated rings. The number of alkyl halides is 3. The van der Waals surface area contributed by atoms with E-state index in [9.17, 15) is 27.2 Å². The molecule has 1 heterocycles. The zero-order valence-corrected chi connectivity index (χ0v) is 21.6. The fraction of sp³-hybridized carbons (Fsp3) is 0.360. The molecular formula is C25H27F4N5O2S. The Balaban J connectivity index is 2.00. The molecule has 0 radical (unpaired) electrons. The van der Waals surface area contributed by atoms with Crippen LogP contribution in [-0.2, 0) is 18.1 Å². The Labute approximate surface area is 215 Å². The van der Waals surface area contributed by atoms with Crippen LogP contribution in [0.5, 0.6) is 0 Å². The summed E-state index contributed by atoms with van der Waals surface area (Å²) in [6.45, 7) is 8.37. The van der Waals surface area contributed by atoms with Crippen LogP contribution in [0.4, 0.5) is 23.2 Å². The Morgan fingerprint density at radius 1 is 1.08 bits per heavy atom. The molecule has 2 amide bonds. The molecule has 0 spiro atoms. The average molecular weight is 538 g/mol. The summed E-state index contributed by atoms with van der Waals surface area (Å²) >= 11 is 1.19. The van der Waals surface area contributed by atoms with Crippen LogP contribution < -0.4 is 15.7 Å². The van der Waals surface area contributed by atoms with Crippen molar-refractivity contribution in [1.82, 2.24) is 15.2 Å². The van der Waals surface area contributed by atoms with Gasteiger partial charge in [-0.2, -0.15) is 23.3 Å². The van der Waals surface area contributed by atoms with E-state index in [1.54, 1.807) is 4.68 Å². The molecular weight excluding hydrogens is 510 g/mol. The van der Waals surface area contributed by atoms with E-state index in [1.807, 2.05) is 27.7 Å². The van der Waals surface area contributed by atoms with Crippen LogP contribution in [0, 0.1) is 5.82 Å². The molecule has 0 atom stereocenters. The third kappa shape index (κ3) is 7.25. The maximum atomic E-state index is 13.4. The molecule has 0 unspecified atom stereocenters. The number of halogens is 4. The molecule has 2 N–H and O–H groups in total. The molecule has 3 rings (SSSR count). The Morgan fingerprint density at radius 3 is 2.35 bits per heavy atom. The first kappa shape index (κ1) is 28.0. The predicted molar refractivity (Wildman–Crippen MR) is 133 cm³/mol. The number of nitrogens with one attached hydrogen (secondary N) is 2. The highest BCUT2D eigenvalue weighted by Gasteiger charge is 2.32. The lowest BCUT2D eigenvalue weighted by atomic mass is 9.98. The first-order valence-electron chi connectivity index (χ1n) is 11.5. The first-order chi connectivity index (χ1) is 17.3. The van der Waals surface area contributed by atoms with Crippen LogP contribution in [0.15, 0.2) is 47.5 Å². The van der Waals surface area contributed by atoms with Crippen molar-refractivity contribution in [3.8, 4) is 0 Å². The molecule has 0 saturated carbocycles. The second-order valence-electron chi connectivity index (χ2n) is 9.28. The van der Waals surface area contributed by atoms with Crippen molar-refractivity contribution in [1.29, 1.82) is 0 Å². The molecule has 198 valence electrons. The summed E-state index contributed by atoms with van der Waals surface area (Å²) in [5, 5.41) is 5.28. The minimum atomic E-state index is -4.70.